The maximum atomic E-state index is 13.7. The first-order valence-electron chi connectivity index (χ1n) is 11.9. The van der Waals surface area contributed by atoms with Crippen molar-refractivity contribution >= 4 is 41.0 Å². The molecule has 8 N–H and O–H groups in total. The number of aliphatic imine (C=N–C) groups is 1. The van der Waals surface area contributed by atoms with Crippen LogP contribution in [-0.4, -0.2) is 47.7 Å². The predicted octanol–water partition coefficient (Wildman–Crippen LogP) is 1.17. The zero-order chi connectivity index (χ0) is 26.7. The van der Waals surface area contributed by atoms with E-state index in [1.54, 1.807) is 0 Å². The lowest BCUT2D eigenvalue weighted by molar-refractivity contribution is -0.136. The normalized spacial score (nSPS) is 20.8. The minimum Gasteiger partial charge on any atom is -0.370 e. The van der Waals surface area contributed by atoms with Crippen LogP contribution in [0.3, 0.4) is 0 Å². The highest BCUT2D eigenvalue weighted by atomic mass is 35.5. The Kier molecular flexibility index (Phi) is 7.94. The highest BCUT2D eigenvalue weighted by Gasteiger charge is 2.35. The first-order valence-corrected chi connectivity index (χ1v) is 12.3. The molecule has 10 nitrogen and oxygen atoms in total. The number of fused-ring (bicyclic) bond motifs is 1. The number of amides is 3. The molecule has 2 aromatic carbocycles. The van der Waals surface area contributed by atoms with E-state index < -0.39 is 23.7 Å². The Morgan fingerprint density at radius 3 is 2.59 bits per heavy atom. The average Bonchev–Trinajstić information content (AvgIpc) is 3.44. The van der Waals surface area contributed by atoms with E-state index in [0.29, 0.717) is 13.0 Å². The lowest BCUT2D eigenvalue weighted by atomic mass is 10.00. The average molecular weight is 530 g/mol. The van der Waals surface area contributed by atoms with E-state index in [2.05, 4.69) is 20.5 Å². The van der Waals surface area contributed by atoms with Crippen LogP contribution in [0.4, 0.5) is 10.1 Å². The van der Waals surface area contributed by atoms with Crippen molar-refractivity contribution < 1.29 is 18.8 Å². The van der Waals surface area contributed by atoms with Gasteiger partial charge in [-0.2, -0.15) is 0 Å². The summed E-state index contributed by atoms with van der Waals surface area (Å²) in [5.74, 6) is -3.13. The van der Waals surface area contributed by atoms with Gasteiger partial charge in [0.05, 0.1) is 17.1 Å². The smallest absolute Gasteiger partial charge is 0.313 e. The van der Waals surface area contributed by atoms with Crippen LogP contribution in [0.2, 0.25) is 5.02 Å². The third-order valence-electron chi connectivity index (χ3n) is 6.75. The molecule has 4 rings (SSSR count). The molecule has 0 aromatic heterocycles. The fourth-order valence-corrected chi connectivity index (χ4v) is 5.14. The second-order valence-electron chi connectivity index (χ2n) is 9.33. The van der Waals surface area contributed by atoms with Gasteiger partial charge in [-0.3, -0.25) is 24.3 Å². The highest BCUT2D eigenvalue weighted by Crippen LogP contribution is 2.37. The molecule has 3 atom stereocenters. The molecule has 196 valence electrons. The van der Waals surface area contributed by atoms with Crippen LogP contribution in [0, 0.1) is 11.7 Å². The second-order valence-corrected chi connectivity index (χ2v) is 9.74. The number of halogens is 2. The Morgan fingerprint density at radius 1 is 1.11 bits per heavy atom. The van der Waals surface area contributed by atoms with Gasteiger partial charge in [-0.15, -0.1) is 0 Å². The Balaban J connectivity index is 1.50. The van der Waals surface area contributed by atoms with Gasteiger partial charge >= 0.3 is 11.8 Å². The van der Waals surface area contributed by atoms with Gasteiger partial charge in [0, 0.05) is 24.7 Å². The molecule has 2 aliphatic rings. The van der Waals surface area contributed by atoms with Crippen LogP contribution in [-0.2, 0) is 27.3 Å². The van der Waals surface area contributed by atoms with E-state index in [1.807, 2.05) is 18.2 Å². The number of hydrogen-bond donors (Lipinski definition) is 5. The first-order chi connectivity index (χ1) is 17.6. The molecule has 1 saturated heterocycles. The number of anilines is 1. The summed E-state index contributed by atoms with van der Waals surface area (Å²) in [6.45, 7) is 1.62. The van der Waals surface area contributed by atoms with Gasteiger partial charge in [0.1, 0.15) is 5.82 Å². The van der Waals surface area contributed by atoms with Gasteiger partial charge in [0.15, 0.2) is 5.96 Å². The number of carbonyl (C=O) groups is 3. The van der Waals surface area contributed by atoms with E-state index >= 15 is 0 Å². The van der Waals surface area contributed by atoms with E-state index in [0.717, 1.165) is 42.1 Å². The Morgan fingerprint density at radius 2 is 1.89 bits per heavy atom. The first kappa shape index (κ1) is 26.4. The van der Waals surface area contributed by atoms with Gasteiger partial charge in [-0.25, -0.2) is 4.39 Å². The van der Waals surface area contributed by atoms with Crippen molar-refractivity contribution in [1.82, 2.24) is 10.2 Å². The Bertz CT molecular complexity index is 1250. The largest absolute Gasteiger partial charge is 0.370 e. The topological polar surface area (TPSA) is 169 Å². The fraction of sp³-hybridized carbons (Fsp3) is 0.360. The van der Waals surface area contributed by atoms with Crippen LogP contribution in [0.5, 0.6) is 0 Å². The van der Waals surface area contributed by atoms with Crippen molar-refractivity contribution in [3.63, 3.8) is 0 Å². The molecule has 1 fully saturated rings. The van der Waals surface area contributed by atoms with E-state index in [-0.39, 0.29) is 41.1 Å². The predicted molar refractivity (Wildman–Crippen MR) is 138 cm³/mol. The van der Waals surface area contributed by atoms with Gasteiger partial charge < -0.3 is 27.8 Å². The Labute approximate surface area is 218 Å². The molecule has 2 aromatic rings. The van der Waals surface area contributed by atoms with E-state index in [4.69, 9.17) is 28.8 Å². The summed E-state index contributed by atoms with van der Waals surface area (Å²) in [5, 5.41) is 5.06. The summed E-state index contributed by atoms with van der Waals surface area (Å²) in [6.07, 6.45) is 2.24. The van der Waals surface area contributed by atoms with Gasteiger partial charge in [-0.05, 0) is 60.7 Å². The maximum absolute atomic E-state index is 13.7. The van der Waals surface area contributed by atoms with E-state index in [9.17, 15) is 18.8 Å². The standard InChI is InChI=1S/C25H29ClFN7O3/c26-18-6-4-16(10-19(18)27)32-23(36)24(37)33-21-15(11-31-25(29)30)9-14-8-13(3-5-17(14)21)12-34-7-1-2-20(34)22(28)35/h3-6,8,10,15,20-21H,1-2,7,9,11-12H2,(H2,28,35)(H,32,36)(H,33,37)(H4,29,30,31)/t15-,20+,21-/m1/s1. The van der Waals surface area contributed by atoms with Crippen LogP contribution < -0.4 is 27.8 Å². The van der Waals surface area contributed by atoms with Crippen molar-refractivity contribution in [2.75, 3.05) is 18.4 Å². The van der Waals surface area contributed by atoms with Crippen LogP contribution in [0.1, 0.15) is 35.6 Å². The summed E-state index contributed by atoms with van der Waals surface area (Å²) >= 11 is 5.67. The van der Waals surface area contributed by atoms with Crippen LogP contribution in [0.15, 0.2) is 41.4 Å². The number of benzene rings is 2. The summed E-state index contributed by atoms with van der Waals surface area (Å²) in [7, 11) is 0. The molecule has 0 spiro atoms. The monoisotopic (exact) mass is 529 g/mol. The molecule has 3 amide bonds. The quantitative estimate of drug-likeness (QED) is 0.205. The molecule has 0 radical (unpaired) electrons. The van der Waals surface area contributed by atoms with E-state index in [1.165, 1.54) is 12.1 Å². The van der Waals surface area contributed by atoms with Crippen molar-refractivity contribution in [3.05, 3.63) is 63.9 Å². The van der Waals surface area contributed by atoms with Crippen molar-refractivity contribution in [2.45, 2.75) is 37.9 Å². The minimum absolute atomic E-state index is 0.0734. The zero-order valence-corrected chi connectivity index (χ0v) is 20.8. The van der Waals surface area contributed by atoms with Gasteiger partial charge in [0.25, 0.3) is 0 Å². The minimum atomic E-state index is -0.945. The van der Waals surface area contributed by atoms with Crippen molar-refractivity contribution in [3.8, 4) is 0 Å². The lowest BCUT2D eigenvalue weighted by Gasteiger charge is -2.22. The number of guanidine groups is 1. The molecular weight excluding hydrogens is 501 g/mol. The van der Waals surface area contributed by atoms with Crippen molar-refractivity contribution in [1.29, 1.82) is 0 Å². The summed E-state index contributed by atoms with van der Waals surface area (Å²) in [6, 6.07) is 8.81. The molecule has 0 bridgehead atoms. The summed E-state index contributed by atoms with van der Waals surface area (Å²) in [5.41, 5.74) is 19.6. The molecule has 37 heavy (non-hydrogen) atoms. The second kappa shape index (κ2) is 11.1. The number of hydrogen-bond acceptors (Lipinski definition) is 5. The molecular formula is C25H29ClFN7O3. The summed E-state index contributed by atoms with van der Waals surface area (Å²) in [4.78, 5) is 43.2. The highest BCUT2D eigenvalue weighted by molar-refractivity contribution is 6.39. The maximum Gasteiger partial charge on any atom is 0.313 e. The molecule has 0 unspecified atom stereocenters. The number of nitrogens with one attached hydrogen (secondary N) is 2. The summed E-state index contributed by atoms with van der Waals surface area (Å²) < 4.78 is 13.7. The van der Waals surface area contributed by atoms with Crippen LogP contribution >= 0.6 is 11.6 Å². The number of likely N-dealkylation sites (tertiary alicyclic amines) is 1. The lowest BCUT2D eigenvalue weighted by Crippen LogP contribution is -2.40. The molecule has 1 heterocycles. The molecule has 12 heteroatoms. The third kappa shape index (κ3) is 6.17. The van der Waals surface area contributed by atoms with Gasteiger partial charge in [0.2, 0.25) is 5.91 Å². The molecule has 0 saturated carbocycles. The number of primary amides is 1. The number of carbonyl (C=O) groups excluding carboxylic acids is 3. The molecule has 1 aliphatic heterocycles. The van der Waals surface area contributed by atoms with Gasteiger partial charge in [-0.1, -0.05) is 29.8 Å². The Hall–Kier alpha value is -3.70. The zero-order valence-electron chi connectivity index (χ0n) is 20.0. The fourth-order valence-electron chi connectivity index (χ4n) is 5.02. The SMILES string of the molecule is NC(=O)[C@@H]1CCCN1Cc1ccc2c(c1)C[C@H](CN=C(N)N)[C@H]2NC(=O)C(=O)Nc1ccc(Cl)c(F)c1. The third-order valence-corrected chi connectivity index (χ3v) is 7.06. The van der Waals surface area contributed by atoms with Crippen molar-refractivity contribution in [2.24, 2.45) is 28.1 Å². The molecule has 1 aliphatic carbocycles. The van der Waals surface area contributed by atoms with Crippen LogP contribution in [0.25, 0.3) is 0 Å². The number of nitrogens with two attached hydrogens (primary N) is 3. The number of rotatable bonds is 7. The number of nitrogens with zero attached hydrogens (tertiary/aromatic N) is 2.